The number of benzene rings is 1. The monoisotopic (exact) mass is 371 g/mol. The number of hydrogen-bond acceptors (Lipinski definition) is 5. The van der Waals surface area contributed by atoms with E-state index in [9.17, 15) is 9.59 Å². The van der Waals surface area contributed by atoms with Crippen molar-refractivity contribution < 1.29 is 14.3 Å². The van der Waals surface area contributed by atoms with E-state index in [1.807, 2.05) is 0 Å². The number of nitrogens with zero attached hydrogens (tertiary/aromatic N) is 1. The molecule has 0 spiro atoms. The number of amides is 2. The predicted molar refractivity (Wildman–Crippen MR) is 101 cm³/mol. The van der Waals surface area contributed by atoms with Gasteiger partial charge in [-0.2, -0.15) is 0 Å². The molecule has 3 N–H and O–H groups in total. The molecule has 0 bridgehead atoms. The molecule has 2 amide bonds. The number of primary amides is 1. The van der Waals surface area contributed by atoms with Gasteiger partial charge in [0, 0.05) is 17.1 Å². The smallest absolute Gasteiger partial charge is 0.258 e. The highest BCUT2D eigenvalue weighted by Crippen LogP contribution is 2.35. The first kappa shape index (κ1) is 18.3. The van der Waals surface area contributed by atoms with Crippen molar-refractivity contribution >= 4 is 29.3 Å². The van der Waals surface area contributed by atoms with Gasteiger partial charge in [0.25, 0.3) is 11.8 Å². The zero-order valence-electron chi connectivity index (χ0n) is 14.3. The van der Waals surface area contributed by atoms with Crippen molar-refractivity contribution in [2.45, 2.75) is 36.0 Å². The highest BCUT2D eigenvalue weighted by Gasteiger charge is 2.20. The summed E-state index contributed by atoms with van der Waals surface area (Å²) in [6.07, 6.45) is 6.56. The number of carbonyl (C=O) groups excluding carboxylic acids is 2. The third-order valence-electron chi connectivity index (χ3n) is 4.09. The second-order valence-corrected chi connectivity index (χ2v) is 7.40. The number of carbonyl (C=O) groups is 2. The van der Waals surface area contributed by atoms with E-state index in [2.05, 4.69) is 10.3 Å². The number of pyridine rings is 1. The van der Waals surface area contributed by atoms with E-state index in [1.165, 1.54) is 25.7 Å². The van der Waals surface area contributed by atoms with Crippen molar-refractivity contribution in [3.05, 3.63) is 48.2 Å². The number of nitrogens with two attached hydrogens (primary N) is 1. The molecule has 26 heavy (non-hydrogen) atoms. The molecule has 0 radical (unpaired) electrons. The van der Waals surface area contributed by atoms with Gasteiger partial charge in [0.1, 0.15) is 10.8 Å². The van der Waals surface area contributed by atoms with Gasteiger partial charge in [0.15, 0.2) is 6.61 Å². The Labute approximate surface area is 156 Å². The zero-order valence-corrected chi connectivity index (χ0v) is 15.1. The second kappa shape index (κ2) is 8.71. The van der Waals surface area contributed by atoms with Crippen LogP contribution in [0.2, 0.25) is 0 Å². The fraction of sp³-hybridized carbons (Fsp3) is 0.316. The third-order valence-corrected chi connectivity index (χ3v) is 5.44. The molecular formula is C19H21N3O3S. The standard InChI is InChI=1S/C19H21N3O3S/c20-17(23)12-25-14-9-7-13(8-10-14)22-18(24)16-6-3-11-21-19(16)26-15-4-1-2-5-15/h3,6-11,15H,1-2,4-5,12H2,(H2,20,23)(H,22,24). The topological polar surface area (TPSA) is 94.3 Å². The Kier molecular flexibility index (Phi) is 6.12. The normalized spacial score (nSPS) is 14.2. The van der Waals surface area contributed by atoms with Crippen LogP contribution in [-0.4, -0.2) is 28.7 Å². The van der Waals surface area contributed by atoms with Crippen molar-refractivity contribution in [1.82, 2.24) is 4.98 Å². The van der Waals surface area contributed by atoms with Gasteiger partial charge in [-0.05, 0) is 49.2 Å². The molecule has 1 aromatic carbocycles. The van der Waals surface area contributed by atoms with E-state index in [4.69, 9.17) is 10.5 Å². The summed E-state index contributed by atoms with van der Waals surface area (Å²) in [6, 6.07) is 10.4. The molecule has 6 nitrogen and oxygen atoms in total. The summed E-state index contributed by atoms with van der Waals surface area (Å²) in [5, 5.41) is 4.19. The number of hydrogen-bond donors (Lipinski definition) is 2. The molecule has 0 saturated heterocycles. The van der Waals surface area contributed by atoms with Crippen LogP contribution >= 0.6 is 11.8 Å². The Balaban J connectivity index is 1.65. The molecule has 1 saturated carbocycles. The van der Waals surface area contributed by atoms with Crippen LogP contribution in [0, 0.1) is 0 Å². The van der Waals surface area contributed by atoms with Crippen molar-refractivity contribution in [3.8, 4) is 5.75 Å². The van der Waals surface area contributed by atoms with Gasteiger partial charge in [-0.1, -0.05) is 12.8 Å². The first-order valence-corrected chi connectivity index (χ1v) is 9.44. The van der Waals surface area contributed by atoms with E-state index >= 15 is 0 Å². The number of aromatic nitrogens is 1. The Morgan fingerprint density at radius 2 is 1.92 bits per heavy atom. The van der Waals surface area contributed by atoms with Crippen molar-refractivity contribution in [3.63, 3.8) is 0 Å². The number of nitrogens with one attached hydrogen (secondary N) is 1. The quantitative estimate of drug-likeness (QED) is 0.779. The molecule has 1 aliphatic carbocycles. The average molecular weight is 371 g/mol. The number of ether oxygens (including phenoxy) is 1. The third kappa shape index (κ3) is 4.98. The molecule has 2 aromatic rings. The Morgan fingerprint density at radius 3 is 2.62 bits per heavy atom. The van der Waals surface area contributed by atoms with Crippen molar-refractivity contribution in [2.75, 3.05) is 11.9 Å². The van der Waals surface area contributed by atoms with Crippen LogP contribution in [0.3, 0.4) is 0 Å². The van der Waals surface area contributed by atoms with Crippen LogP contribution in [0.25, 0.3) is 0 Å². The minimum Gasteiger partial charge on any atom is -0.484 e. The highest BCUT2D eigenvalue weighted by atomic mass is 32.2. The van der Waals surface area contributed by atoms with Crippen molar-refractivity contribution in [2.24, 2.45) is 5.73 Å². The summed E-state index contributed by atoms with van der Waals surface area (Å²) >= 11 is 1.69. The van der Waals surface area contributed by atoms with Gasteiger partial charge >= 0.3 is 0 Å². The minimum atomic E-state index is -0.536. The molecule has 1 fully saturated rings. The Bertz CT molecular complexity index is 774. The zero-order chi connectivity index (χ0) is 18.4. The van der Waals surface area contributed by atoms with Crippen LogP contribution < -0.4 is 15.8 Å². The Hall–Kier alpha value is -2.54. The number of anilines is 1. The molecular weight excluding hydrogens is 350 g/mol. The lowest BCUT2D eigenvalue weighted by Crippen LogP contribution is -2.20. The summed E-state index contributed by atoms with van der Waals surface area (Å²) in [5.41, 5.74) is 6.27. The van der Waals surface area contributed by atoms with Gasteiger partial charge in [-0.15, -0.1) is 11.8 Å². The first-order valence-electron chi connectivity index (χ1n) is 8.56. The lowest BCUT2D eigenvalue weighted by molar-refractivity contribution is -0.119. The molecule has 1 heterocycles. The van der Waals surface area contributed by atoms with Gasteiger partial charge < -0.3 is 15.8 Å². The van der Waals surface area contributed by atoms with Gasteiger partial charge in [0.05, 0.1) is 5.56 Å². The fourth-order valence-corrected chi connectivity index (χ4v) is 4.10. The van der Waals surface area contributed by atoms with Crippen LogP contribution in [-0.2, 0) is 4.79 Å². The average Bonchev–Trinajstić information content (AvgIpc) is 3.14. The molecule has 0 unspecified atom stereocenters. The summed E-state index contributed by atoms with van der Waals surface area (Å²) in [7, 11) is 0. The summed E-state index contributed by atoms with van der Waals surface area (Å²) in [6.45, 7) is -0.177. The van der Waals surface area contributed by atoms with E-state index in [-0.39, 0.29) is 12.5 Å². The van der Waals surface area contributed by atoms with E-state index in [0.717, 1.165) is 5.03 Å². The lowest BCUT2D eigenvalue weighted by atomic mass is 10.2. The predicted octanol–water partition coefficient (Wildman–Crippen LogP) is 3.23. The molecule has 0 aliphatic heterocycles. The molecule has 3 rings (SSSR count). The van der Waals surface area contributed by atoms with Crippen LogP contribution in [0.1, 0.15) is 36.0 Å². The maximum absolute atomic E-state index is 12.7. The van der Waals surface area contributed by atoms with E-state index in [0.29, 0.717) is 22.3 Å². The first-order chi connectivity index (χ1) is 12.6. The van der Waals surface area contributed by atoms with E-state index < -0.39 is 5.91 Å². The SMILES string of the molecule is NC(=O)COc1ccc(NC(=O)c2cccnc2SC2CCCC2)cc1. The minimum absolute atomic E-state index is 0.177. The van der Waals surface area contributed by atoms with E-state index in [1.54, 1.807) is 54.4 Å². The van der Waals surface area contributed by atoms with Gasteiger partial charge in [-0.3, -0.25) is 9.59 Å². The molecule has 1 aromatic heterocycles. The van der Waals surface area contributed by atoms with Gasteiger partial charge in [0.2, 0.25) is 0 Å². The summed E-state index contributed by atoms with van der Waals surface area (Å²) in [5.74, 6) is -0.212. The lowest BCUT2D eigenvalue weighted by Gasteiger charge is -2.12. The summed E-state index contributed by atoms with van der Waals surface area (Å²) in [4.78, 5) is 27.8. The number of thioether (sulfide) groups is 1. The molecule has 136 valence electrons. The van der Waals surface area contributed by atoms with Gasteiger partial charge in [-0.25, -0.2) is 4.98 Å². The van der Waals surface area contributed by atoms with Crippen LogP contribution in [0.15, 0.2) is 47.6 Å². The largest absolute Gasteiger partial charge is 0.484 e. The second-order valence-electron chi connectivity index (χ2n) is 6.11. The molecule has 1 aliphatic rings. The Morgan fingerprint density at radius 1 is 1.19 bits per heavy atom. The molecule has 7 heteroatoms. The molecule has 0 atom stereocenters. The van der Waals surface area contributed by atoms with Crippen molar-refractivity contribution in [1.29, 1.82) is 0 Å². The fourth-order valence-electron chi connectivity index (χ4n) is 2.81. The van der Waals surface area contributed by atoms with Crippen LogP contribution in [0.4, 0.5) is 5.69 Å². The summed E-state index contributed by atoms with van der Waals surface area (Å²) < 4.78 is 5.20. The maximum Gasteiger partial charge on any atom is 0.258 e. The maximum atomic E-state index is 12.7. The number of rotatable bonds is 7. The highest BCUT2D eigenvalue weighted by molar-refractivity contribution is 7.99. The van der Waals surface area contributed by atoms with Crippen LogP contribution in [0.5, 0.6) is 5.75 Å².